The minimum Gasteiger partial charge on any atom is -0.509 e. The third-order valence-electron chi connectivity index (χ3n) is 3.82. The Bertz CT molecular complexity index is 512. The van der Waals surface area contributed by atoms with Gasteiger partial charge in [0.05, 0.1) is 6.04 Å². The summed E-state index contributed by atoms with van der Waals surface area (Å²) in [6.45, 7) is 0.123. The second-order valence-electron chi connectivity index (χ2n) is 4.55. The van der Waals surface area contributed by atoms with Gasteiger partial charge in [0.15, 0.2) is 5.70 Å². The lowest BCUT2D eigenvalue weighted by molar-refractivity contribution is -0.161. The van der Waals surface area contributed by atoms with Crippen molar-refractivity contribution in [3.8, 4) is 0 Å². The standard InChI is InChI=1S/C10H10N2O6/c13-7-3-1-2-11(10(17)18)5-4(3)12(8(5)14)6(7)9(15)16/h3-5,13H,1-2H2,(H,15,16)(H,17,18)/t3?,4-,5+/m1/s1. The second-order valence-corrected chi connectivity index (χ2v) is 4.55. The van der Waals surface area contributed by atoms with Crippen LogP contribution in [0.25, 0.3) is 0 Å². The number of aliphatic hydroxyl groups is 1. The number of carbonyl (C=O) groups excluding carboxylic acids is 1. The largest absolute Gasteiger partial charge is 0.509 e. The van der Waals surface area contributed by atoms with E-state index >= 15 is 0 Å². The van der Waals surface area contributed by atoms with Crippen LogP contribution in [0.1, 0.15) is 6.42 Å². The number of nitrogens with zero attached hydrogens (tertiary/aromatic N) is 2. The maximum Gasteiger partial charge on any atom is 0.408 e. The van der Waals surface area contributed by atoms with Crippen molar-refractivity contribution in [2.45, 2.75) is 18.5 Å². The summed E-state index contributed by atoms with van der Waals surface area (Å²) in [4.78, 5) is 35.8. The molecule has 0 aromatic carbocycles. The van der Waals surface area contributed by atoms with Crippen molar-refractivity contribution in [3.05, 3.63) is 11.5 Å². The van der Waals surface area contributed by atoms with Gasteiger partial charge in [0, 0.05) is 12.5 Å². The van der Waals surface area contributed by atoms with E-state index in [1.807, 2.05) is 0 Å². The number of rotatable bonds is 1. The Morgan fingerprint density at radius 3 is 2.50 bits per heavy atom. The van der Waals surface area contributed by atoms with Gasteiger partial charge in [-0.1, -0.05) is 0 Å². The number of hydrogen-bond acceptors (Lipinski definition) is 4. The van der Waals surface area contributed by atoms with E-state index in [0.717, 1.165) is 9.80 Å². The SMILES string of the molecule is O=C(O)C1=C(O)C2CCN(C(=O)O)[C@@H]3C(=O)N1[C@H]23. The molecule has 3 aliphatic heterocycles. The number of hydrogen-bond donors (Lipinski definition) is 3. The van der Waals surface area contributed by atoms with Crippen molar-refractivity contribution in [2.24, 2.45) is 5.92 Å². The normalized spacial score (nSPS) is 33.3. The first kappa shape index (κ1) is 10.9. The predicted molar refractivity (Wildman–Crippen MR) is 54.6 cm³/mol. The molecule has 8 nitrogen and oxygen atoms in total. The molecule has 0 bridgehead atoms. The lowest BCUT2D eigenvalue weighted by Gasteiger charge is -2.51. The Balaban J connectivity index is 2.00. The molecule has 3 atom stereocenters. The molecule has 3 N–H and O–H groups in total. The first-order valence-corrected chi connectivity index (χ1v) is 5.44. The van der Waals surface area contributed by atoms with E-state index in [4.69, 9.17) is 10.2 Å². The molecule has 3 heterocycles. The fourth-order valence-electron chi connectivity index (χ4n) is 3.08. The Labute approximate surface area is 101 Å². The molecule has 1 unspecified atom stereocenters. The van der Waals surface area contributed by atoms with Crippen LogP contribution in [0.15, 0.2) is 11.5 Å². The van der Waals surface area contributed by atoms with Crippen LogP contribution in [0.5, 0.6) is 0 Å². The van der Waals surface area contributed by atoms with Crippen LogP contribution in [0.2, 0.25) is 0 Å². The van der Waals surface area contributed by atoms with Gasteiger partial charge >= 0.3 is 12.1 Å². The van der Waals surface area contributed by atoms with E-state index in [9.17, 15) is 19.5 Å². The van der Waals surface area contributed by atoms with Crippen LogP contribution in [0.3, 0.4) is 0 Å². The van der Waals surface area contributed by atoms with Crippen LogP contribution in [0.4, 0.5) is 4.79 Å². The Morgan fingerprint density at radius 1 is 1.28 bits per heavy atom. The number of carboxylic acid groups (broad SMARTS) is 2. The number of aliphatic hydroxyl groups excluding tert-OH is 1. The minimum absolute atomic E-state index is 0.123. The van der Waals surface area contributed by atoms with E-state index in [-0.39, 0.29) is 12.3 Å². The van der Waals surface area contributed by atoms with Crippen molar-refractivity contribution < 1.29 is 29.7 Å². The summed E-state index contributed by atoms with van der Waals surface area (Å²) < 4.78 is 0. The Morgan fingerprint density at radius 2 is 1.94 bits per heavy atom. The van der Waals surface area contributed by atoms with Crippen molar-refractivity contribution in [3.63, 3.8) is 0 Å². The summed E-state index contributed by atoms with van der Waals surface area (Å²) in [6.07, 6.45) is -0.880. The molecule has 3 rings (SSSR count). The minimum atomic E-state index is -1.37. The summed E-state index contributed by atoms with van der Waals surface area (Å²) >= 11 is 0. The van der Waals surface area contributed by atoms with Gasteiger partial charge in [-0.25, -0.2) is 9.59 Å². The average molecular weight is 254 g/mol. The average Bonchev–Trinajstić information content (AvgIpc) is 2.60. The van der Waals surface area contributed by atoms with Crippen LogP contribution < -0.4 is 0 Å². The summed E-state index contributed by atoms with van der Waals surface area (Å²) in [7, 11) is 0. The third-order valence-corrected chi connectivity index (χ3v) is 3.82. The molecular weight excluding hydrogens is 244 g/mol. The molecule has 0 aromatic heterocycles. The summed E-state index contributed by atoms with van der Waals surface area (Å²) in [5, 5.41) is 27.8. The molecule has 0 saturated carbocycles. The van der Waals surface area contributed by atoms with Gasteiger partial charge in [-0.15, -0.1) is 0 Å². The zero-order valence-corrected chi connectivity index (χ0v) is 9.11. The fraction of sp³-hybridized carbons (Fsp3) is 0.500. The highest BCUT2D eigenvalue weighted by molar-refractivity contribution is 6.02. The topological polar surface area (TPSA) is 118 Å². The number of amides is 2. The van der Waals surface area contributed by atoms with Crippen LogP contribution in [0, 0.1) is 5.92 Å². The van der Waals surface area contributed by atoms with E-state index < -0.39 is 41.7 Å². The monoisotopic (exact) mass is 254 g/mol. The molecular formula is C10H10N2O6. The maximum atomic E-state index is 11.8. The quantitative estimate of drug-likeness (QED) is 0.539. The molecule has 0 radical (unpaired) electrons. The van der Waals surface area contributed by atoms with E-state index in [1.54, 1.807) is 0 Å². The molecule has 0 aliphatic carbocycles. The molecule has 3 aliphatic rings. The number of carboxylic acids is 1. The number of likely N-dealkylation sites (tertiary alicyclic amines) is 1. The highest BCUT2D eigenvalue weighted by Gasteiger charge is 2.64. The molecule has 2 saturated heterocycles. The number of carbonyl (C=O) groups is 3. The predicted octanol–water partition coefficient (Wildman–Crippen LogP) is -0.566. The van der Waals surface area contributed by atoms with Crippen molar-refractivity contribution in [1.29, 1.82) is 0 Å². The number of piperidine rings is 1. The van der Waals surface area contributed by atoms with Crippen molar-refractivity contribution >= 4 is 18.0 Å². The molecule has 18 heavy (non-hydrogen) atoms. The van der Waals surface area contributed by atoms with Crippen molar-refractivity contribution in [2.75, 3.05) is 6.54 Å². The molecule has 2 amide bonds. The number of β-lactam (4-membered cyclic amide) rings is 1. The second kappa shape index (κ2) is 3.15. The van der Waals surface area contributed by atoms with Crippen LogP contribution >= 0.6 is 0 Å². The zero-order chi connectivity index (χ0) is 13.2. The molecule has 8 heteroatoms. The van der Waals surface area contributed by atoms with Gasteiger partial charge in [0.1, 0.15) is 11.8 Å². The van der Waals surface area contributed by atoms with E-state index in [2.05, 4.69) is 0 Å². The third kappa shape index (κ3) is 1.02. The Kier molecular flexibility index (Phi) is 1.90. The van der Waals surface area contributed by atoms with Gasteiger partial charge < -0.3 is 15.3 Å². The molecule has 0 spiro atoms. The lowest BCUT2D eigenvalue weighted by Crippen LogP contribution is -2.73. The van der Waals surface area contributed by atoms with Crippen LogP contribution in [-0.4, -0.2) is 61.7 Å². The molecule has 0 aromatic rings. The first-order chi connectivity index (χ1) is 8.45. The van der Waals surface area contributed by atoms with Gasteiger partial charge in [-0.05, 0) is 6.42 Å². The van der Waals surface area contributed by atoms with E-state index in [0.29, 0.717) is 6.42 Å². The van der Waals surface area contributed by atoms with Crippen LogP contribution in [-0.2, 0) is 9.59 Å². The maximum absolute atomic E-state index is 11.8. The lowest BCUT2D eigenvalue weighted by atomic mass is 9.80. The summed E-state index contributed by atoms with van der Waals surface area (Å²) in [6, 6.07) is -1.42. The van der Waals surface area contributed by atoms with Gasteiger partial charge in [-0.2, -0.15) is 0 Å². The molecule has 2 fully saturated rings. The molecule has 96 valence electrons. The summed E-state index contributed by atoms with van der Waals surface area (Å²) in [5.74, 6) is -2.72. The highest BCUT2D eigenvalue weighted by Crippen LogP contribution is 2.47. The van der Waals surface area contributed by atoms with Gasteiger partial charge in [0.25, 0.3) is 5.91 Å². The van der Waals surface area contributed by atoms with Gasteiger partial charge in [-0.3, -0.25) is 14.6 Å². The number of aliphatic carboxylic acids is 1. The zero-order valence-electron chi connectivity index (χ0n) is 9.11. The smallest absolute Gasteiger partial charge is 0.408 e. The highest BCUT2D eigenvalue weighted by atomic mass is 16.4. The fourth-order valence-corrected chi connectivity index (χ4v) is 3.08. The van der Waals surface area contributed by atoms with E-state index in [1.165, 1.54) is 0 Å². The van der Waals surface area contributed by atoms with Gasteiger partial charge in [0.2, 0.25) is 0 Å². The first-order valence-electron chi connectivity index (χ1n) is 5.44. The Hall–Kier alpha value is -2.25. The van der Waals surface area contributed by atoms with Crippen molar-refractivity contribution in [1.82, 2.24) is 9.80 Å². The summed E-state index contributed by atoms with van der Waals surface area (Å²) in [5.41, 5.74) is -0.404.